The van der Waals surface area contributed by atoms with Crippen LogP contribution in [0.25, 0.3) is 0 Å². The van der Waals surface area contributed by atoms with Gasteiger partial charge in [-0.2, -0.15) is 0 Å². The maximum Gasteiger partial charge on any atom is 0.255 e. The van der Waals surface area contributed by atoms with E-state index >= 15 is 0 Å². The van der Waals surface area contributed by atoms with Crippen molar-refractivity contribution in [3.8, 4) is 0 Å². The predicted octanol–water partition coefficient (Wildman–Crippen LogP) is 3.10. The third kappa shape index (κ3) is 2.93. The van der Waals surface area contributed by atoms with Crippen molar-refractivity contribution in [2.45, 2.75) is 13.0 Å². The molecule has 0 aliphatic heterocycles. The maximum atomic E-state index is 13.0. The van der Waals surface area contributed by atoms with Gasteiger partial charge in [-0.25, -0.2) is 14.4 Å². The summed E-state index contributed by atoms with van der Waals surface area (Å²) < 4.78 is 13.0. The fourth-order valence-corrected chi connectivity index (χ4v) is 2.02. The van der Waals surface area contributed by atoms with Crippen LogP contribution in [0.5, 0.6) is 0 Å². The molecule has 0 bridgehead atoms. The second-order valence-corrected chi connectivity index (χ2v) is 4.76. The van der Waals surface area contributed by atoms with Gasteiger partial charge >= 0.3 is 0 Å². The first-order chi connectivity index (χ1) is 9.50. The molecule has 1 heterocycles. The van der Waals surface area contributed by atoms with Crippen LogP contribution in [-0.2, 0) is 0 Å². The number of nitrogens with zero attached hydrogens (tertiary/aromatic N) is 3. The van der Waals surface area contributed by atoms with E-state index in [4.69, 9.17) is 11.6 Å². The monoisotopic (exact) mass is 293 g/mol. The van der Waals surface area contributed by atoms with Crippen LogP contribution in [-0.4, -0.2) is 27.8 Å². The number of carbonyl (C=O) groups is 1. The van der Waals surface area contributed by atoms with Crippen LogP contribution < -0.4 is 0 Å². The van der Waals surface area contributed by atoms with E-state index in [1.807, 2.05) is 6.92 Å². The third-order valence-corrected chi connectivity index (χ3v) is 3.41. The zero-order chi connectivity index (χ0) is 14.7. The summed E-state index contributed by atoms with van der Waals surface area (Å²) in [7, 11) is 1.65. The Morgan fingerprint density at radius 1 is 1.40 bits per heavy atom. The fraction of sp³-hybridized carbons (Fsp3) is 0.214. The Kier molecular flexibility index (Phi) is 4.29. The molecule has 0 spiro atoms. The average molecular weight is 294 g/mol. The molecule has 1 atom stereocenters. The van der Waals surface area contributed by atoms with Crippen LogP contribution in [0.2, 0.25) is 5.02 Å². The molecule has 2 rings (SSSR count). The molecule has 1 aromatic heterocycles. The topological polar surface area (TPSA) is 46.1 Å². The molecule has 104 valence electrons. The number of hydrogen-bond acceptors (Lipinski definition) is 3. The highest BCUT2D eigenvalue weighted by molar-refractivity contribution is 6.33. The lowest BCUT2D eigenvalue weighted by molar-refractivity contribution is 0.0740. The van der Waals surface area contributed by atoms with Crippen LogP contribution in [0.1, 0.15) is 29.0 Å². The van der Waals surface area contributed by atoms with E-state index in [-0.39, 0.29) is 22.5 Å². The smallest absolute Gasteiger partial charge is 0.255 e. The molecule has 0 N–H and O–H groups in total. The Bertz CT molecular complexity index is 621. The minimum absolute atomic E-state index is 0.0942. The molecule has 0 saturated heterocycles. The molecule has 4 nitrogen and oxygen atoms in total. The first-order valence-corrected chi connectivity index (χ1v) is 6.36. The van der Waals surface area contributed by atoms with Gasteiger partial charge in [0, 0.05) is 13.2 Å². The number of aromatic nitrogens is 2. The van der Waals surface area contributed by atoms with Crippen LogP contribution in [0.15, 0.2) is 36.8 Å². The van der Waals surface area contributed by atoms with E-state index in [0.717, 1.165) is 6.07 Å². The summed E-state index contributed by atoms with van der Waals surface area (Å²) in [5.74, 6) is -0.765. The van der Waals surface area contributed by atoms with Gasteiger partial charge in [-0.05, 0) is 31.2 Å². The van der Waals surface area contributed by atoms with E-state index in [9.17, 15) is 9.18 Å². The number of halogens is 2. The fourth-order valence-electron chi connectivity index (χ4n) is 1.78. The van der Waals surface area contributed by atoms with Crippen molar-refractivity contribution < 1.29 is 9.18 Å². The Morgan fingerprint density at radius 3 is 2.75 bits per heavy atom. The first-order valence-electron chi connectivity index (χ1n) is 5.99. The number of benzene rings is 1. The summed E-state index contributed by atoms with van der Waals surface area (Å²) in [5.41, 5.74) is 0.977. The van der Waals surface area contributed by atoms with Gasteiger partial charge in [-0.1, -0.05) is 11.6 Å². The molecule has 0 aliphatic carbocycles. The van der Waals surface area contributed by atoms with Gasteiger partial charge in [-0.15, -0.1) is 0 Å². The highest BCUT2D eigenvalue weighted by Crippen LogP contribution is 2.23. The van der Waals surface area contributed by atoms with Gasteiger partial charge in [0.25, 0.3) is 5.91 Å². The lowest BCUT2D eigenvalue weighted by Gasteiger charge is -2.24. The quantitative estimate of drug-likeness (QED) is 0.873. The van der Waals surface area contributed by atoms with E-state index in [0.29, 0.717) is 5.69 Å². The van der Waals surface area contributed by atoms with Gasteiger partial charge in [-0.3, -0.25) is 4.79 Å². The van der Waals surface area contributed by atoms with Gasteiger partial charge in [0.1, 0.15) is 12.1 Å². The molecule has 0 aliphatic rings. The van der Waals surface area contributed by atoms with E-state index in [1.54, 1.807) is 19.3 Å². The van der Waals surface area contributed by atoms with Crippen molar-refractivity contribution in [1.29, 1.82) is 0 Å². The minimum Gasteiger partial charge on any atom is -0.333 e. The highest BCUT2D eigenvalue weighted by Gasteiger charge is 2.21. The average Bonchev–Trinajstić information content (AvgIpc) is 2.46. The summed E-state index contributed by atoms with van der Waals surface area (Å²) in [6, 6.07) is 5.20. The van der Waals surface area contributed by atoms with Crippen molar-refractivity contribution in [3.05, 3.63) is 58.9 Å². The van der Waals surface area contributed by atoms with Gasteiger partial charge in [0.2, 0.25) is 0 Å². The first kappa shape index (κ1) is 14.4. The molecule has 1 amide bonds. The Morgan fingerprint density at radius 2 is 2.15 bits per heavy atom. The lowest BCUT2D eigenvalue weighted by atomic mass is 10.1. The van der Waals surface area contributed by atoms with Crippen molar-refractivity contribution in [1.82, 2.24) is 14.9 Å². The molecule has 0 saturated carbocycles. The number of carbonyl (C=O) groups excluding carboxylic acids is 1. The van der Waals surface area contributed by atoms with Crippen LogP contribution >= 0.6 is 11.6 Å². The SMILES string of the molecule is C[C@H](c1ccncn1)N(C)C(=O)c1ccc(F)cc1Cl. The number of hydrogen-bond donors (Lipinski definition) is 0. The van der Waals surface area contributed by atoms with E-state index in [2.05, 4.69) is 9.97 Å². The molecule has 2 aromatic rings. The minimum atomic E-state index is -0.474. The van der Waals surface area contributed by atoms with Crippen LogP contribution in [0.3, 0.4) is 0 Å². The largest absolute Gasteiger partial charge is 0.333 e. The summed E-state index contributed by atoms with van der Waals surface area (Å²) in [6.45, 7) is 1.84. The maximum absolute atomic E-state index is 13.0. The van der Waals surface area contributed by atoms with Gasteiger partial charge in [0.05, 0.1) is 22.3 Å². The molecular weight excluding hydrogens is 281 g/mol. The Labute approximate surface area is 121 Å². The standard InChI is InChI=1S/C14H13ClFN3O/c1-9(13-5-6-17-8-18-13)19(2)14(20)11-4-3-10(16)7-12(11)15/h3-9H,1-2H3/t9-/m1/s1. The van der Waals surface area contributed by atoms with Crippen molar-refractivity contribution in [2.75, 3.05) is 7.05 Å². The molecule has 0 fully saturated rings. The third-order valence-electron chi connectivity index (χ3n) is 3.10. The van der Waals surface area contributed by atoms with Crippen LogP contribution in [0.4, 0.5) is 4.39 Å². The molecule has 20 heavy (non-hydrogen) atoms. The van der Waals surface area contributed by atoms with Crippen LogP contribution in [0, 0.1) is 5.82 Å². The zero-order valence-electron chi connectivity index (χ0n) is 11.0. The molecular formula is C14H13ClFN3O. The second-order valence-electron chi connectivity index (χ2n) is 4.35. The highest BCUT2D eigenvalue weighted by atomic mass is 35.5. The van der Waals surface area contributed by atoms with Gasteiger partial charge < -0.3 is 4.90 Å². The Hall–Kier alpha value is -2.01. The molecule has 0 radical (unpaired) electrons. The summed E-state index contributed by atoms with van der Waals surface area (Å²) in [6.07, 6.45) is 3.04. The van der Waals surface area contributed by atoms with E-state index in [1.165, 1.54) is 23.4 Å². The summed E-state index contributed by atoms with van der Waals surface area (Å²) >= 11 is 5.91. The summed E-state index contributed by atoms with van der Waals surface area (Å²) in [4.78, 5) is 21.8. The molecule has 0 unspecified atom stereocenters. The zero-order valence-corrected chi connectivity index (χ0v) is 11.8. The lowest BCUT2D eigenvalue weighted by Crippen LogP contribution is -2.30. The Balaban J connectivity index is 2.24. The molecule has 6 heteroatoms. The van der Waals surface area contributed by atoms with Crippen molar-refractivity contribution in [2.24, 2.45) is 0 Å². The van der Waals surface area contributed by atoms with E-state index < -0.39 is 5.82 Å². The second kappa shape index (κ2) is 5.96. The molecule has 1 aromatic carbocycles. The number of rotatable bonds is 3. The van der Waals surface area contributed by atoms with Gasteiger partial charge in [0.15, 0.2) is 0 Å². The number of amides is 1. The van der Waals surface area contributed by atoms with Crippen molar-refractivity contribution in [3.63, 3.8) is 0 Å². The normalized spacial score (nSPS) is 12.0. The predicted molar refractivity (Wildman–Crippen MR) is 74.0 cm³/mol. The summed E-state index contributed by atoms with van der Waals surface area (Å²) in [5, 5.41) is 0.0942. The van der Waals surface area contributed by atoms with Crippen molar-refractivity contribution >= 4 is 17.5 Å².